The van der Waals surface area contributed by atoms with Gasteiger partial charge in [-0.25, -0.2) is 0 Å². The second-order valence-corrected chi connectivity index (χ2v) is 2.73. The zero-order chi connectivity index (χ0) is 10.9. The second-order valence-electron chi connectivity index (χ2n) is 2.35. The van der Waals surface area contributed by atoms with Crippen LogP contribution in [0.4, 0.5) is 4.39 Å². The van der Waals surface area contributed by atoms with E-state index in [0.29, 0.717) is 0 Å². The van der Waals surface area contributed by atoms with E-state index in [4.69, 9.17) is 11.6 Å². The maximum absolute atomic E-state index is 13.1. The van der Waals surface area contributed by atoms with Gasteiger partial charge in [0, 0.05) is 0 Å². The quantitative estimate of drug-likeness (QED) is 0.653. The fraction of sp³-hybridized carbons (Fsp3) is 0.250. The van der Waals surface area contributed by atoms with Crippen molar-refractivity contribution in [3.63, 3.8) is 0 Å². The molecule has 6 heteroatoms. The fourth-order valence-corrected chi connectivity index (χ4v) is 1.22. The van der Waals surface area contributed by atoms with Crippen LogP contribution in [0.15, 0.2) is 22.4 Å². The Balaban J connectivity index is 3.29. The van der Waals surface area contributed by atoms with Gasteiger partial charge in [-0.3, -0.25) is 9.59 Å². The first-order chi connectivity index (χ1) is 6.54. The minimum atomic E-state index is -1.30. The van der Waals surface area contributed by atoms with Crippen LogP contribution in [0.25, 0.3) is 0 Å². The van der Waals surface area contributed by atoms with E-state index >= 15 is 0 Å². The maximum atomic E-state index is 13.1. The van der Waals surface area contributed by atoms with E-state index in [9.17, 15) is 14.0 Å². The Morgan fingerprint density at radius 2 is 1.57 bits per heavy atom. The summed E-state index contributed by atoms with van der Waals surface area (Å²) in [5.74, 6) is -4.38. The summed E-state index contributed by atoms with van der Waals surface area (Å²) in [7, 11) is 2.23. The van der Waals surface area contributed by atoms with Crippen LogP contribution in [0, 0.1) is 0 Å². The fourth-order valence-electron chi connectivity index (χ4n) is 0.970. The number of rotatable bonds is 2. The number of hydrogen-bond donors (Lipinski definition) is 0. The third-order valence-electron chi connectivity index (χ3n) is 1.62. The molecule has 0 amide bonds. The monoisotopic (exact) mass is 220 g/mol. The first kappa shape index (κ1) is 10.7. The van der Waals surface area contributed by atoms with E-state index in [2.05, 4.69) is 9.47 Å². The molecule has 0 fully saturated rings. The highest BCUT2D eigenvalue weighted by atomic mass is 35.5. The van der Waals surface area contributed by atoms with Gasteiger partial charge in [-0.15, -0.1) is 0 Å². The van der Waals surface area contributed by atoms with Crippen molar-refractivity contribution >= 4 is 23.2 Å². The van der Waals surface area contributed by atoms with Gasteiger partial charge in [0.2, 0.25) is 17.4 Å². The highest BCUT2D eigenvalue weighted by molar-refractivity contribution is 6.48. The third kappa shape index (κ3) is 1.39. The molecule has 1 aliphatic carbocycles. The lowest BCUT2D eigenvalue weighted by molar-refractivity contribution is -0.121. The predicted octanol–water partition coefficient (Wildman–Crippen LogP) is 1.06. The molecule has 0 unspecified atom stereocenters. The Kier molecular flexibility index (Phi) is 2.90. The van der Waals surface area contributed by atoms with Gasteiger partial charge in [0.15, 0.2) is 5.76 Å². The van der Waals surface area contributed by atoms with Crippen LogP contribution < -0.4 is 0 Å². The van der Waals surface area contributed by atoms with Crippen LogP contribution in [0.2, 0.25) is 0 Å². The average molecular weight is 221 g/mol. The molecule has 76 valence electrons. The molecule has 1 rings (SSSR count). The molecule has 0 aromatic carbocycles. The normalized spacial score (nSPS) is 17.7. The summed E-state index contributed by atoms with van der Waals surface area (Å²) in [6.45, 7) is 0. The molecule has 1 aliphatic rings. The Morgan fingerprint density at radius 3 is 2.00 bits per heavy atom. The molecule has 0 saturated carbocycles. The molecule has 0 aliphatic heterocycles. The molecule has 0 bridgehead atoms. The van der Waals surface area contributed by atoms with Gasteiger partial charge in [-0.05, 0) is 0 Å². The van der Waals surface area contributed by atoms with Crippen molar-refractivity contribution in [3.05, 3.63) is 22.4 Å². The van der Waals surface area contributed by atoms with Gasteiger partial charge >= 0.3 is 0 Å². The zero-order valence-electron chi connectivity index (χ0n) is 7.39. The summed E-state index contributed by atoms with van der Waals surface area (Å²) in [5.41, 5.74) is 0. The highest BCUT2D eigenvalue weighted by Crippen LogP contribution is 2.28. The molecule has 0 saturated heterocycles. The van der Waals surface area contributed by atoms with Gasteiger partial charge < -0.3 is 9.47 Å². The number of allylic oxidation sites excluding steroid dienone is 2. The van der Waals surface area contributed by atoms with E-state index in [1.165, 1.54) is 0 Å². The molecule has 0 radical (unpaired) electrons. The van der Waals surface area contributed by atoms with Crippen molar-refractivity contribution in [2.75, 3.05) is 14.2 Å². The molecule has 0 N–H and O–H groups in total. The van der Waals surface area contributed by atoms with E-state index in [0.717, 1.165) is 14.2 Å². The Hall–Kier alpha value is -1.36. The molecule has 4 nitrogen and oxygen atoms in total. The number of Topliss-reactive ketones (excluding diaryl/α,β-unsaturated/α-hetero) is 2. The number of halogens is 2. The third-order valence-corrected chi connectivity index (χ3v) is 1.96. The lowest BCUT2D eigenvalue weighted by Gasteiger charge is -2.14. The second kappa shape index (κ2) is 3.79. The zero-order valence-corrected chi connectivity index (χ0v) is 8.14. The summed E-state index contributed by atoms with van der Waals surface area (Å²) in [4.78, 5) is 22.4. The Morgan fingerprint density at radius 1 is 1.07 bits per heavy atom. The van der Waals surface area contributed by atoms with E-state index in [1.54, 1.807) is 0 Å². The maximum Gasteiger partial charge on any atom is 0.266 e. The minimum absolute atomic E-state index is 0.407. The van der Waals surface area contributed by atoms with E-state index in [-0.39, 0.29) is 0 Å². The summed E-state index contributed by atoms with van der Waals surface area (Å²) in [6.07, 6.45) is 0. The SMILES string of the molecule is COC1=C(F)C(=O)C(Cl)=C(OC)C1=O. The molecule has 0 spiro atoms. The van der Waals surface area contributed by atoms with Crippen LogP contribution in [-0.4, -0.2) is 25.8 Å². The predicted molar refractivity (Wildman–Crippen MR) is 45.0 cm³/mol. The van der Waals surface area contributed by atoms with E-state index < -0.39 is 33.9 Å². The largest absolute Gasteiger partial charge is 0.491 e. The van der Waals surface area contributed by atoms with Gasteiger partial charge in [-0.2, -0.15) is 4.39 Å². The standard InChI is InChI=1S/C8H6ClFO4/c1-13-7-3(9)5(11)4(10)8(14-2)6(7)12/h1-2H3. The van der Waals surface area contributed by atoms with Gasteiger partial charge in [0.25, 0.3) is 5.78 Å². The first-order valence-corrected chi connectivity index (χ1v) is 3.89. The van der Waals surface area contributed by atoms with Crippen LogP contribution in [0.5, 0.6) is 0 Å². The molecular formula is C8H6ClFO4. The molecular weight excluding hydrogens is 215 g/mol. The first-order valence-electron chi connectivity index (χ1n) is 3.51. The molecule has 0 heterocycles. The Bertz CT molecular complexity index is 338. The number of ether oxygens (including phenoxy) is 2. The van der Waals surface area contributed by atoms with E-state index in [1.807, 2.05) is 0 Å². The van der Waals surface area contributed by atoms with Gasteiger partial charge in [0.1, 0.15) is 5.03 Å². The number of carbonyl (C=O) groups is 2. The number of ketones is 2. The van der Waals surface area contributed by atoms with Crippen molar-refractivity contribution in [2.24, 2.45) is 0 Å². The summed E-state index contributed by atoms with van der Waals surface area (Å²) < 4.78 is 22.1. The molecule has 14 heavy (non-hydrogen) atoms. The van der Waals surface area contributed by atoms with Gasteiger partial charge in [-0.1, -0.05) is 11.6 Å². The van der Waals surface area contributed by atoms with Crippen LogP contribution >= 0.6 is 11.6 Å². The number of hydrogen-bond acceptors (Lipinski definition) is 4. The topological polar surface area (TPSA) is 52.6 Å². The molecule has 0 aromatic rings. The van der Waals surface area contributed by atoms with Crippen molar-refractivity contribution in [2.45, 2.75) is 0 Å². The lowest BCUT2D eigenvalue weighted by Crippen LogP contribution is -2.22. The number of methoxy groups -OCH3 is 2. The van der Waals surface area contributed by atoms with Crippen LogP contribution in [0.1, 0.15) is 0 Å². The lowest BCUT2D eigenvalue weighted by atomic mass is 10.1. The van der Waals surface area contributed by atoms with Gasteiger partial charge in [0.05, 0.1) is 14.2 Å². The van der Waals surface area contributed by atoms with Crippen LogP contribution in [0.3, 0.4) is 0 Å². The summed E-state index contributed by atoms with van der Waals surface area (Å²) in [6, 6.07) is 0. The summed E-state index contributed by atoms with van der Waals surface area (Å²) in [5, 5.41) is -0.573. The summed E-state index contributed by atoms with van der Waals surface area (Å²) >= 11 is 5.40. The highest BCUT2D eigenvalue weighted by Gasteiger charge is 2.36. The molecule has 0 atom stereocenters. The van der Waals surface area contributed by atoms with Crippen LogP contribution in [-0.2, 0) is 19.1 Å². The minimum Gasteiger partial charge on any atom is -0.491 e. The van der Waals surface area contributed by atoms with Crippen molar-refractivity contribution < 1.29 is 23.5 Å². The van der Waals surface area contributed by atoms with Crippen molar-refractivity contribution in [3.8, 4) is 0 Å². The Labute approximate surface area is 83.9 Å². The smallest absolute Gasteiger partial charge is 0.266 e. The molecule has 0 aromatic heterocycles. The van der Waals surface area contributed by atoms with Crippen molar-refractivity contribution in [1.82, 2.24) is 0 Å². The average Bonchev–Trinajstić information content (AvgIpc) is 2.16. The number of carbonyl (C=O) groups excluding carboxylic acids is 2. The van der Waals surface area contributed by atoms with Crippen molar-refractivity contribution in [1.29, 1.82) is 0 Å².